The number of β-amino-alcohol motifs (C(OH)–C–C–N with tert-alkyl or cyclic N) is 1. The number of aliphatic hydroxyl groups is 1. The second kappa shape index (κ2) is 10.1. The second-order valence-electron chi connectivity index (χ2n) is 13.5. The molecule has 0 spiro atoms. The molecule has 2 N–H and O–H groups in total. The Kier molecular flexibility index (Phi) is 6.94. The molecule has 3 unspecified atom stereocenters. The summed E-state index contributed by atoms with van der Waals surface area (Å²) in [6.07, 6.45) is 8.01. The van der Waals surface area contributed by atoms with Crippen LogP contribution in [-0.4, -0.2) is 109 Å². The fourth-order valence-electron chi connectivity index (χ4n) is 7.26. The van der Waals surface area contributed by atoms with Crippen molar-refractivity contribution in [3.63, 3.8) is 0 Å². The van der Waals surface area contributed by atoms with Crippen LogP contribution in [0.3, 0.4) is 0 Å². The van der Waals surface area contributed by atoms with Gasteiger partial charge in [0.15, 0.2) is 0 Å². The maximum Gasteiger partial charge on any atom is 0.248 e. The highest BCUT2D eigenvalue weighted by atomic mass is 16.3. The van der Waals surface area contributed by atoms with E-state index in [9.17, 15) is 19.5 Å². The number of amides is 3. The summed E-state index contributed by atoms with van der Waals surface area (Å²) < 4.78 is 1.66. The van der Waals surface area contributed by atoms with E-state index in [1.54, 1.807) is 9.58 Å². The molecule has 39 heavy (non-hydrogen) atoms. The van der Waals surface area contributed by atoms with Crippen molar-refractivity contribution in [2.24, 2.45) is 5.41 Å². The third-order valence-electron chi connectivity index (χ3n) is 9.50. The van der Waals surface area contributed by atoms with Crippen LogP contribution in [0.15, 0.2) is 6.20 Å². The van der Waals surface area contributed by atoms with Crippen molar-refractivity contribution in [3.05, 3.63) is 11.9 Å². The van der Waals surface area contributed by atoms with Gasteiger partial charge in [0.25, 0.3) is 0 Å². The molecule has 2 saturated carbocycles. The van der Waals surface area contributed by atoms with Crippen LogP contribution in [0, 0.1) is 5.41 Å². The number of fused-ring (bicyclic) bond motifs is 1. The highest BCUT2D eigenvalue weighted by molar-refractivity contribution is 5.90. The second-order valence-corrected chi connectivity index (χ2v) is 13.5. The summed E-state index contributed by atoms with van der Waals surface area (Å²) in [4.78, 5) is 45.7. The predicted octanol–water partition coefficient (Wildman–Crippen LogP) is 1.05. The Morgan fingerprint density at radius 1 is 1.05 bits per heavy atom. The zero-order valence-corrected chi connectivity index (χ0v) is 23.5. The highest BCUT2D eigenvalue weighted by Crippen LogP contribution is 2.40. The summed E-state index contributed by atoms with van der Waals surface area (Å²) in [6.45, 7) is 8.75. The van der Waals surface area contributed by atoms with Gasteiger partial charge in [-0.1, -0.05) is 26.0 Å². The average Bonchev–Trinajstić information content (AvgIpc) is 3.22. The molecule has 11 nitrogen and oxygen atoms in total. The van der Waals surface area contributed by atoms with Crippen LogP contribution in [0.5, 0.6) is 0 Å². The molecule has 6 rings (SSSR count). The standard InChI is InChI=1S/C28H43N7O4/c1-28(2,3)25(35-16-22(30-31-35)17-4-5-17)27(39)34-15-21(36)13-23(34)26(38)29-18-6-7-19(12-18)32-10-11-33-20(14-32)8-9-24(33)37/h16-21,23,25,36H,4-15H2,1-3H3,(H,29,38)/t18?,19?,20?,21-,23+,25-/m1/s1. The van der Waals surface area contributed by atoms with E-state index in [-0.39, 0.29) is 36.7 Å². The van der Waals surface area contributed by atoms with Crippen molar-refractivity contribution in [2.75, 3.05) is 26.2 Å². The Bertz CT molecular complexity index is 1110. The molecule has 1 aromatic rings. The smallest absolute Gasteiger partial charge is 0.248 e. The molecule has 3 amide bonds. The third-order valence-corrected chi connectivity index (χ3v) is 9.50. The molecule has 6 atom stereocenters. The van der Waals surface area contributed by atoms with Crippen molar-refractivity contribution in [1.29, 1.82) is 0 Å². The van der Waals surface area contributed by atoms with Crippen molar-refractivity contribution in [2.45, 2.75) is 114 Å². The SMILES string of the molecule is CC(C)(C)[C@@H](C(=O)N1C[C@H](O)C[C@H]1C(=O)NC1CCC(N2CCN3C(=O)CCC3C2)C1)n1cc(C2CC2)nn1. The highest BCUT2D eigenvalue weighted by Gasteiger charge is 2.46. The Labute approximate surface area is 230 Å². The molecule has 4 heterocycles. The summed E-state index contributed by atoms with van der Waals surface area (Å²) in [5.41, 5.74) is 0.469. The number of carbonyl (C=O) groups excluding carboxylic acids is 3. The van der Waals surface area contributed by atoms with Gasteiger partial charge in [0.05, 0.1) is 11.8 Å². The van der Waals surface area contributed by atoms with E-state index < -0.39 is 23.6 Å². The number of likely N-dealkylation sites (tertiary alicyclic amines) is 1. The van der Waals surface area contributed by atoms with Gasteiger partial charge in [-0.15, -0.1) is 5.10 Å². The molecule has 214 valence electrons. The fourth-order valence-corrected chi connectivity index (χ4v) is 7.26. The van der Waals surface area contributed by atoms with Gasteiger partial charge >= 0.3 is 0 Å². The minimum atomic E-state index is -0.732. The molecule has 0 radical (unpaired) electrons. The van der Waals surface area contributed by atoms with Crippen LogP contribution in [0.4, 0.5) is 0 Å². The Hall–Kier alpha value is -2.53. The third kappa shape index (κ3) is 5.31. The molecule has 11 heteroatoms. The number of rotatable bonds is 6. The Morgan fingerprint density at radius 3 is 2.59 bits per heavy atom. The van der Waals surface area contributed by atoms with Crippen LogP contribution in [0.25, 0.3) is 0 Å². The van der Waals surface area contributed by atoms with E-state index in [4.69, 9.17) is 0 Å². The quantitative estimate of drug-likeness (QED) is 0.552. The largest absolute Gasteiger partial charge is 0.391 e. The van der Waals surface area contributed by atoms with Crippen molar-refractivity contribution >= 4 is 17.7 Å². The number of nitrogens with one attached hydrogen (secondary N) is 1. The molecular weight excluding hydrogens is 498 g/mol. The van der Waals surface area contributed by atoms with Gasteiger partial charge in [0, 0.05) is 69.3 Å². The number of piperazine rings is 1. The van der Waals surface area contributed by atoms with Gasteiger partial charge in [-0.05, 0) is 43.9 Å². The van der Waals surface area contributed by atoms with Crippen molar-refractivity contribution < 1.29 is 19.5 Å². The summed E-state index contributed by atoms with van der Waals surface area (Å²) in [6, 6.07) is -0.528. The molecular formula is C28H43N7O4. The molecule has 0 bridgehead atoms. The van der Waals surface area contributed by atoms with Gasteiger partial charge in [-0.25, -0.2) is 4.68 Å². The Balaban J connectivity index is 1.09. The minimum Gasteiger partial charge on any atom is -0.391 e. The molecule has 1 aromatic heterocycles. The first-order valence-corrected chi connectivity index (χ1v) is 14.8. The van der Waals surface area contributed by atoms with E-state index >= 15 is 0 Å². The summed E-state index contributed by atoms with van der Waals surface area (Å²) in [5.74, 6) is 0.345. The summed E-state index contributed by atoms with van der Waals surface area (Å²) in [7, 11) is 0. The van der Waals surface area contributed by atoms with E-state index in [1.165, 1.54) is 0 Å². The van der Waals surface area contributed by atoms with E-state index in [0.717, 1.165) is 63.9 Å². The lowest BCUT2D eigenvalue weighted by atomic mass is 9.85. The number of nitrogens with zero attached hydrogens (tertiary/aromatic N) is 6. The first-order valence-electron chi connectivity index (χ1n) is 14.8. The molecule has 5 aliphatic rings. The number of hydrogen-bond acceptors (Lipinski definition) is 7. The van der Waals surface area contributed by atoms with Crippen LogP contribution in [-0.2, 0) is 14.4 Å². The Morgan fingerprint density at radius 2 is 1.85 bits per heavy atom. The van der Waals surface area contributed by atoms with E-state index in [0.29, 0.717) is 24.4 Å². The van der Waals surface area contributed by atoms with Crippen LogP contribution >= 0.6 is 0 Å². The maximum absolute atomic E-state index is 14.0. The van der Waals surface area contributed by atoms with Crippen LogP contribution < -0.4 is 5.32 Å². The molecule has 3 saturated heterocycles. The van der Waals surface area contributed by atoms with Crippen LogP contribution in [0.2, 0.25) is 0 Å². The number of hydrogen-bond donors (Lipinski definition) is 2. The summed E-state index contributed by atoms with van der Waals surface area (Å²) >= 11 is 0. The van der Waals surface area contributed by atoms with Gasteiger partial charge in [-0.2, -0.15) is 0 Å². The lowest BCUT2D eigenvalue weighted by Crippen LogP contribution is -2.54. The van der Waals surface area contributed by atoms with Gasteiger partial charge in [-0.3, -0.25) is 19.3 Å². The predicted molar refractivity (Wildman–Crippen MR) is 142 cm³/mol. The minimum absolute atomic E-state index is 0.0512. The molecule has 0 aromatic carbocycles. The van der Waals surface area contributed by atoms with E-state index in [2.05, 4.69) is 20.5 Å². The van der Waals surface area contributed by atoms with Gasteiger partial charge < -0.3 is 20.2 Å². The van der Waals surface area contributed by atoms with Crippen LogP contribution in [0.1, 0.15) is 89.8 Å². The molecule has 2 aliphatic carbocycles. The van der Waals surface area contributed by atoms with Gasteiger partial charge in [0.1, 0.15) is 12.1 Å². The first-order chi connectivity index (χ1) is 18.6. The first kappa shape index (κ1) is 26.7. The zero-order valence-electron chi connectivity index (χ0n) is 23.5. The number of carbonyl (C=O) groups is 3. The number of aliphatic hydroxyl groups excluding tert-OH is 1. The van der Waals surface area contributed by atoms with Crippen molar-refractivity contribution in [1.82, 2.24) is 35.0 Å². The lowest BCUT2D eigenvalue weighted by molar-refractivity contribution is -0.144. The molecule has 3 aliphatic heterocycles. The van der Waals surface area contributed by atoms with E-state index in [1.807, 2.05) is 31.9 Å². The monoisotopic (exact) mass is 541 g/mol. The molecule has 5 fully saturated rings. The summed E-state index contributed by atoms with van der Waals surface area (Å²) in [5, 5.41) is 22.4. The average molecular weight is 542 g/mol. The van der Waals surface area contributed by atoms with Gasteiger partial charge in [0.2, 0.25) is 17.7 Å². The normalized spacial score (nSPS) is 32.5. The number of aromatic nitrogens is 3. The zero-order chi connectivity index (χ0) is 27.5. The van der Waals surface area contributed by atoms with Crippen molar-refractivity contribution in [3.8, 4) is 0 Å². The lowest BCUT2D eigenvalue weighted by Gasteiger charge is -2.40. The fraction of sp³-hybridized carbons (Fsp3) is 0.821. The maximum atomic E-state index is 14.0. The topological polar surface area (TPSA) is 124 Å².